The number of rotatable bonds is 5. The Bertz CT molecular complexity index is 921. The molecule has 0 radical (unpaired) electrons. The van der Waals surface area contributed by atoms with Gasteiger partial charge >= 0.3 is 0 Å². The number of thioether (sulfide) groups is 1. The summed E-state index contributed by atoms with van der Waals surface area (Å²) in [5.41, 5.74) is 1.31. The Kier molecular flexibility index (Phi) is 6.47. The molecule has 1 spiro atoms. The molecular weight excluding hydrogens is 436 g/mol. The molecule has 0 unspecified atom stereocenters. The van der Waals surface area contributed by atoms with Gasteiger partial charge in [0, 0.05) is 57.5 Å². The van der Waals surface area contributed by atoms with Crippen LogP contribution in [0.5, 0.6) is 0 Å². The number of hydrogen-bond acceptors (Lipinski definition) is 5. The van der Waals surface area contributed by atoms with E-state index in [1.54, 1.807) is 0 Å². The first kappa shape index (κ1) is 22.5. The molecule has 8 heteroatoms. The van der Waals surface area contributed by atoms with Crippen molar-refractivity contribution in [2.45, 2.75) is 25.3 Å². The number of piperidine rings is 1. The minimum atomic E-state index is -0.382. The molecule has 1 N–H and O–H groups in total. The Hall–Kier alpha value is -2.32. The van der Waals surface area contributed by atoms with Gasteiger partial charge in [-0.3, -0.25) is 19.3 Å². The quantitative estimate of drug-likeness (QED) is 0.718. The number of nitrogens with zero attached hydrogens (tertiary/aromatic N) is 3. The van der Waals surface area contributed by atoms with Crippen molar-refractivity contribution >= 4 is 34.9 Å². The van der Waals surface area contributed by atoms with Gasteiger partial charge in [0.2, 0.25) is 11.8 Å². The van der Waals surface area contributed by atoms with Crippen LogP contribution in [0.1, 0.15) is 24.8 Å². The van der Waals surface area contributed by atoms with Gasteiger partial charge in [0.15, 0.2) is 0 Å². The van der Waals surface area contributed by atoms with Crippen molar-refractivity contribution in [2.24, 2.45) is 11.3 Å². The van der Waals surface area contributed by atoms with Gasteiger partial charge in [-0.1, -0.05) is 54.2 Å². The first-order valence-electron chi connectivity index (χ1n) is 12.0. The highest BCUT2D eigenvalue weighted by Crippen LogP contribution is 2.60. The molecule has 2 atom stereocenters. The van der Waals surface area contributed by atoms with Gasteiger partial charge in [0.1, 0.15) is 6.04 Å². The highest BCUT2D eigenvalue weighted by molar-refractivity contribution is 8.14. The maximum Gasteiger partial charge on any atom is 0.279 e. The Balaban J connectivity index is 1.05. The maximum atomic E-state index is 13.2. The molecule has 3 amide bonds. The lowest BCUT2D eigenvalue weighted by Gasteiger charge is -2.36. The molecule has 5 rings (SSSR count). The van der Waals surface area contributed by atoms with Crippen LogP contribution in [0.2, 0.25) is 0 Å². The molecule has 0 bridgehead atoms. The number of hydrogen-bond donors (Lipinski definition) is 1. The normalized spacial score (nSPS) is 27.2. The van der Waals surface area contributed by atoms with Crippen LogP contribution >= 0.6 is 11.8 Å². The molecule has 4 fully saturated rings. The number of nitrogens with one attached hydrogen (secondary N) is 1. The van der Waals surface area contributed by atoms with Crippen LogP contribution < -0.4 is 5.32 Å². The van der Waals surface area contributed by atoms with Gasteiger partial charge in [-0.05, 0) is 30.2 Å². The molecule has 3 aliphatic heterocycles. The first-order chi connectivity index (χ1) is 16.0. The fourth-order valence-electron chi connectivity index (χ4n) is 5.43. The van der Waals surface area contributed by atoms with Gasteiger partial charge in [-0.15, -0.1) is 0 Å². The second kappa shape index (κ2) is 9.50. The van der Waals surface area contributed by atoms with Gasteiger partial charge in [0.25, 0.3) is 5.24 Å². The lowest BCUT2D eigenvalue weighted by atomic mass is 9.90. The molecule has 33 heavy (non-hydrogen) atoms. The van der Waals surface area contributed by atoms with Crippen molar-refractivity contribution in [3.63, 3.8) is 0 Å². The van der Waals surface area contributed by atoms with Crippen LogP contribution in [0.4, 0.5) is 4.79 Å². The van der Waals surface area contributed by atoms with E-state index in [1.807, 2.05) is 23.1 Å². The summed E-state index contributed by atoms with van der Waals surface area (Å²) in [5, 5.41) is 2.64. The van der Waals surface area contributed by atoms with Crippen molar-refractivity contribution in [1.29, 1.82) is 0 Å². The van der Waals surface area contributed by atoms with Crippen LogP contribution in [-0.4, -0.2) is 89.4 Å². The fourth-order valence-corrected chi connectivity index (χ4v) is 6.20. The summed E-state index contributed by atoms with van der Waals surface area (Å²) in [6.07, 6.45) is 7.11. The minimum absolute atomic E-state index is 0.0316. The molecule has 1 aliphatic carbocycles. The van der Waals surface area contributed by atoms with Gasteiger partial charge in [0.05, 0.1) is 0 Å². The molecular formula is C25H32N4O3S. The zero-order valence-corrected chi connectivity index (χ0v) is 19.8. The average molecular weight is 469 g/mol. The van der Waals surface area contributed by atoms with Gasteiger partial charge < -0.3 is 15.1 Å². The van der Waals surface area contributed by atoms with Crippen LogP contribution in [0.15, 0.2) is 36.4 Å². The zero-order valence-electron chi connectivity index (χ0n) is 18.9. The standard InChI is InChI=1S/C25H32N4O3S/c30-22(29-15-13-27(14-16-29)10-4-7-19-5-2-1-3-6-19)20-17-25(20)8-11-28(12-9-25)23(31)21-18-33-24(32)26-21/h1-7,20-21H,8-18H2,(H,26,32)/b7-4+/t20-,21-/m0/s1. The number of likely N-dealkylation sites (tertiary alicyclic amines) is 1. The summed E-state index contributed by atoms with van der Waals surface area (Å²) in [6.45, 7) is 5.73. The Morgan fingerprint density at radius 1 is 1.00 bits per heavy atom. The van der Waals surface area contributed by atoms with Crippen molar-refractivity contribution in [3.05, 3.63) is 42.0 Å². The molecule has 176 valence electrons. The van der Waals surface area contributed by atoms with E-state index in [9.17, 15) is 14.4 Å². The zero-order chi connectivity index (χ0) is 22.8. The molecule has 1 aromatic rings. The third kappa shape index (κ3) is 4.96. The number of carbonyl (C=O) groups is 3. The SMILES string of the molecule is O=C1N[C@H](C(=O)N2CCC3(CC2)C[C@H]3C(=O)N2CCN(C/C=C/c3ccccc3)CC2)CS1. The smallest absolute Gasteiger partial charge is 0.279 e. The maximum absolute atomic E-state index is 13.2. The summed E-state index contributed by atoms with van der Waals surface area (Å²) in [5.74, 6) is 0.993. The predicted molar refractivity (Wildman–Crippen MR) is 130 cm³/mol. The number of benzene rings is 1. The summed E-state index contributed by atoms with van der Waals surface area (Å²) in [7, 11) is 0. The van der Waals surface area contributed by atoms with E-state index < -0.39 is 0 Å². The van der Waals surface area contributed by atoms with E-state index in [2.05, 4.69) is 39.4 Å². The van der Waals surface area contributed by atoms with Crippen LogP contribution in [0, 0.1) is 11.3 Å². The minimum Gasteiger partial charge on any atom is -0.341 e. The Morgan fingerprint density at radius 2 is 1.70 bits per heavy atom. The van der Waals surface area contributed by atoms with E-state index in [0.717, 1.165) is 52.0 Å². The third-order valence-corrected chi connectivity index (χ3v) is 8.57. The van der Waals surface area contributed by atoms with Crippen LogP contribution in [-0.2, 0) is 9.59 Å². The lowest BCUT2D eigenvalue weighted by Crippen LogP contribution is -2.50. The Morgan fingerprint density at radius 3 is 2.36 bits per heavy atom. The monoisotopic (exact) mass is 468 g/mol. The van der Waals surface area contributed by atoms with Crippen molar-refractivity contribution in [2.75, 3.05) is 51.6 Å². The number of carbonyl (C=O) groups excluding carboxylic acids is 3. The highest BCUT2D eigenvalue weighted by Gasteiger charge is 2.59. The number of piperazine rings is 1. The van der Waals surface area contributed by atoms with Crippen molar-refractivity contribution < 1.29 is 14.4 Å². The first-order valence-corrected chi connectivity index (χ1v) is 13.0. The highest BCUT2D eigenvalue weighted by atomic mass is 32.2. The van der Waals surface area contributed by atoms with Crippen molar-refractivity contribution in [1.82, 2.24) is 20.0 Å². The topological polar surface area (TPSA) is 73.0 Å². The van der Waals surface area contributed by atoms with Crippen molar-refractivity contribution in [3.8, 4) is 0 Å². The lowest BCUT2D eigenvalue weighted by molar-refractivity contribution is -0.136. The second-order valence-electron chi connectivity index (χ2n) is 9.68. The second-order valence-corrected chi connectivity index (χ2v) is 10.7. The predicted octanol–water partition coefficient (Wildman–Crippen LogP) is 2.30. The van der Waals surface area contributed by atoms with Crippen LogP contribution in [0.3, 0.4) is 0 Å². The summed E-state index contributed by atoms with van der Waals surface area (Å²) in [6, 6.07) is 9.94. The molecule has 7 nitrogen and oxygen atoms in total. The van der Waals surface area contributed by atoms with Gasteiger partial charge in [-0.2, -0.15) is 0 Å². The fraction of sp³-hybridized carbons (Fsp3) is 0.560. The van der Waals surface area contributed by atoms with E-state index in [4.69, 9.17) is 0 Å². The average Bonchev–Trinajstić information content (AvgIpc) is 3.36. The summed E-state index contributed by atoms with van der Waals surface area (Å²) in [4.78, 5) is 43.5. The van der Waals surface area contributed by atoms with E-state index in [-0.39, 0.29) is 28.5 Å². The summed E-state index contributed by atoms with van der Waals surface area (Å²) < 4.78 is 0. The van der Waals surface area contributed by atoms with E-state index in [1.165, 1.54) is 17.3 Å². The molecule has 3 heterocycles. The van der Waals surface area contributed by atoms with E-state index in [0.29, 0.717) is 24.7 Å². The van der Waals surface area contributed by atoms with E-state index >= 15 is 0 Å². The largest absolute Gasteiger partial charge is 0.341 e. The Labute approximate surface area is 199 Å². The number of amides is 3. The molecule has 4 aliphatic rings. The van der Waals surface area contributed by atoms with Crippen LogP contribution in [0.25, 0.3) is 6.08 Å². The molecule has 1 saturated carbocycles. The summed E-state index contributed by atoms with van der Waals surface area (Å²) >= 11 is 1.18. The molecule has 3 saturated heterocycles. The third-order valence-electron chi connectivity index (χ3n) is 7.69. The molecule has 1 aromatic carbocycles. The van der Waals surface area contributed by atoms with Gasteiger partial charge in [-0.25, -0.2) is 0 Å². The molecule has 0 aromatic heterocycles.